The van der Waals surface area contributed by atoms with Crippen LogP contribution in [-0.4, -0.2) is 35.7 Å². The normalized spacial score (nSPS) is 8.71. The van der Waals surface area contributed by atoms with Crippen LogP contribution in [0.2, 0.25) is 0 Å². The average molecular weight is 202 g/mol. The van der Waals surface area contributed by atoms with E-state index in [0.29, 0.717) is 12.1 Å². The van der Waals surface area contributed by atoms with Crippen LogP contribution in [-0.2, 0) is 0 Å². The summed E-state index contributed by atoms with van der Waals surface area (Å²) in [5.74, 6) is 0. The van der Waals surface area contributed by atoms with Gasteiger partial charge in [0.1, 0.15) is 0 Å². The van der Waals surface area contributed by atoms with Crippen molar-refractivity contribution in [1.82, 2.24) is 4.90 Å². The minimum absolute atomic E-state index is 0.690. The first-order valence-corrected chi connectivity index (χ1v) is 5.02. The van der Waals surface area contributed by atoms with Crippen LogP contribution in [0.3, 0.4) is 0 Å². The first-order valence-electron chi connectivity index (χ1n) is 5.02. The number of hydrogen-bond acceptors (Lipinski definition) is 3. The van der Waals surface area contributed by atoms with Gasteiger partial charge >= 0.3 is 0 Å². The van der Waals surface area contributed by atoms with Gasteiger partial charge in [0.2, 0.25) is 0 Å². The van der Waals surface area contributed by atoms with Crippen LogP contribution in [0.15, 0.2) is 0 Å². The molecule has 0 saturated carbocycles. The van der Waals surface area contributed by atoms with Crippen molar-refractivity contribution in [3.8, 4) is 6.07 Å². The predicted molar refractivity (Wildman–Crippen MR) is 62.1 cm³/mol. The van der Waals surface area contributed by atoms with E-state index in [1.54, 1.807) is 6.07 Å². The molecule has 0 amide bonds. The molecule has 0 aliphatic carbocycles. The Bertz CT molecular complexity index is 120. The summed E-state index contributed by atoms with van der Waals surface area (Å²) >= 11 is 0. The van der Waals surface area contributed by atoms with Gasteiger partial charge in [-0.2, -0.15) is 5.26 Å². The zero-order valence-corrected chi connectivity index (χ0v) is 10.7. The lowest BCUT2D eigenvalue weighted by Gasteiger charge is -2.28. The summed E-state index contributed by atoms with van der Waals surface area (Å²) in [6, 6.07) is 3.13. The van der Waals surface area contributed by atoms with Gasteiger partial charge in [0.25, 0.3) is 0 Å². The number of nitriles is 1. The van der Waals surface area contributed by atoms with Gasteiger partial charge in [-0.1, -0.05) is 6.92 Å². The molecule has 0 aromatic carbocycles. The molecule has 3 heteroatoms. The highest BCUT2D eigenvalue weighted by molar-refractivity contribution is 4.64. The SMILES string of the molecule is CC#N.CCN(C(C)C)C(C)C.CO. The first kappa shape index (κ1) is 19.1. The molecule has 0 aliphatic rings. The molecule has 0 rings (SSSR count). The average Bonchev–Trinajstić information content (AvgIpc) is 2.08. The summed E-state index contributed by atoms with van der Waals surface area (Å²) in [6.45, 7) is 13.8. The smallest absolute Gasteiger partial charge is 0.0587 e. The van der Waals surface area contributed by atoms with E-state index in [-0.39, 0.29) is 0 Å². The Kier molecular flexibility index (Phi) is 20.3. The molecule has 0 aliphatic heterocycles. The summed E-state index contributed by atoms with van der Waals surface area (Å²) in [7, 11) is 1.00. The number of nitrogens with zero attached hydrogens (tertiary/aromatic N) is 2. The number of aliphatic hydroxyl groups excluding tert-OH is 1. The van der Waals surface area contributed by atoms with Crippen LogP contribution >= 0.6 is 0 Å². The highest BCUT2D eigenvalue weighted by Crippen LogP contribution is 2.02. The molecule has 14 heavy (non-hydrogen) atoms. The summed E-state index contributed by atoms with van der Waals surface area (Å²) < 4.78 is 0. The van der Waals surface area contributed by atoms with E-state index in [0.717, 1.165) is 13.7 Å². The number of rotatable bonds is 3. The lowest BCUT2D eigenvalue weighted by atomic mass is 10.2. The lowest BCUT2D eigenvalue weighted by molar-refractivity contribution is 0.185. The molecular weight excluding hydrogens is 176 g/mol. The maximum absolute atomic E-state index is 7.32. The maximum Gasteiger partial charge on any atom is 0.0587 e. The molecule has 0 fully saturated rings. The van der Waals surface area contributed by atoms with E-state index in [1.165, 1.54) is 6.92 Å². The Morgan fingerprint density at radius 2 is 1.36 bits per heavy atom. The lowest BCUT2D eigenvalue weighted by Crippen LogP contribution is -2.36. The van der Waals surface area contributed by atoms with Gasteiger partial charge in [-0.3, -0.25) is 4.90 Å². The second kappa shape index (κ2) is 14.9. The Morgan fingerprint density at radius 1 is 1.14 bits per heavy atom. The zero-order valence-electron chi connectivity index (χ0n) is 10.7. The molecule has 0 bridgehead atoms. The number of aliphatic hydroxyl groups is 1. The van der Waals surface area contributed by atoms with E-state index < -0.39 is 0 Å². The van der Waals surface area contributed by atoms with Crippen LogP contribution in [0, 0.1) is 11.3 Å². The van der Waals surface area contributed by atoms with Gasteiger partial charge < -0.3 is 5.11 Å². The molecule has 0 atom stereocenters. The van der Waals surface area contributed by atoms with Gasteiger partial charge in [0.05, 0.1) is 6.07 Å². The molecule has 1 N–H and O–H groups in total. The van der Waals surface area contributed by atoms with Crippen LogP contribution in [0.1, 0.15) is 41.5 Å². The van der Waals surface area contributed by atoms with Gasteiger partial charge in [0.15, 0.2) is 0 Å². The minimum Gasteiger partial charge on any atom is -0.400 e. The van der Waals surface area contributed by atoms with Crippen LogP contribution in [0.4, 0.5) is 0 Å². The second-order valence-corrected chi connectivity index (χ2v) is 3.24. The van der Waals surface area contributed by atoms with Crippen molar-refractivity contribution >= 4 is 0 Å². The van der Waals surface area contributed by atoms with E-state index in [1.807, 2.05) is 0 Å². The van der Waals surface area contributed by atoms with Crippen LogP contribution < -0.4 is 0 Å². The van der Waals surface area contributed by atoms with E-state index >= 15 is 0 Å². The summed E-state index contributed by atoms with van der Waals surface area (Å²) in [4.78, 5) is 2.46. The van der Waals surface area contributed by atoms with Gasteiger partial charge in [-0.25, -0.2) is 0 Å². The highest BCUT2D eigenvalue weighted by atomic mass is 16.2. The highest BCUT2D eigenvalue weighted by Gasteiger charge is 2.08. The van der Waals surface area contributed by atoms with E-state index in [9.17, 15) is 0 Å². The van der Waals surface area contributed by atoms with Crippen molar-refractivity contribution < 1.29 is 5.11 Å². The minimum atomic E-state index is 0.690. The molecule has 0 aromatic rings. The Hall–Kier alpha value is -0.590. The second-order valence-electron chi connectivity index (χ2n) is 3.24. The zero-order chi connectivity index (χ0) is 12.1. The monoisotopic (exact) mass is 202 g/mol. The fraction of sp³-hybridized carbons (Fsp3) is 0.909. The third-order valence-corrected chi connectivity index (χ3v) is 1.69. The van der Waals surface area contributed by atoms with E-state index in [4.69, 9.17) is 10.4 Å². The predicted octanol–water partition coefficient (Wildman–Crippen LogP) is 2.26. The fourth-order valence-electron chi connectivity index (χ4n) is 1.33. The third-order valence-electron chi connectivity index (χ3n) is 1.69. The number of hydrogen-bond donors (Lipinski definition) is 1. The molecule has 0 heterocycles. The van der Waals surface area contributed by atoms with E-state index in [2.05, 4.69) is 39.5 Å². The largest absolute Gasteiger partial charge is 0.400 e. The summed E-state index contributed by atoms with van der Waals surface area (Å²) in [5.41, 5.74) is 0. The Morgan fingerprint density at radius 3 is 1.36 bits per heavy atom. The standard InChI is InChI=1S/C8H19N.C2H3N.CH4O/c1-6-9(7(2)3)8(4)5;1-2-3;1-2/h7-8H,6H2,1-5H3;1H3;2H,1H3. The van der Waals surface area contributed by atoms with Crippen molar-refractivity contribution in [2.75, 3.05) is 13.7 Å². The summed E-state index contributed by atoms with van der Waals surface area (Å²) in [6.07, 6.45) is 0. The molecule has 86 valence electrons. The van der Waals surface area contributed by atoms with Crippen molar-refractivity contribution in [3.05, 3.63) is 0 Å². The molecule has 0 spiro atoms. The molecule has 3 nitrogen and oxygen atoms in total. The Balaban J connectivity index is -0.000000205. The van der Waals surface area contributed by atoms with Crippen molar-refractivity contribution in [3.63, 3.8) is 0 Å². The van der Waals surface area contributed by atoms with Crippen molar-refractivity contribution in [2.45, 2.75) is 53.6 Å². The molecule has 0 unspecified atom stereocenters. The molecule has 0 saturated heterocycles. The molecule has 0 aromatic heterocycles. The molecular formula is C11H26N2O. The van der Waals surface area contributed by atoms with Gasteiger partial charge in [-0.05, 0) is 34.2 Å². The topological polar surface area (TPSA) is 47.3 Å². The quantitative estimate of drug-likeness (QED) is 0.763. The third kappa shape index (κ3) is 14.0. The van der Waals surface area contributed by atoms with Crippen molar-refractivity contribution in [2.24, 2.45) is 0 Å². The summed E-state index contributed by atoms with van der Waals surface area (Å²) in [5, 5.41) is 14.3. The fourth-order valence-corrected chi connectivity index (χ4v) is 1.33. The first-order chi connectivity index (χ1) is 6.51. The van der Waals surface area contributed by atoms with Gasteiger partial charge in [-0.15, -0.1) is 0 Å². The van der Waals surface area contributed by atoms with Crippen LogP contribution in [0.5, 0.6) is 0 Å². The van der Waals surface area contributed by atoms with Crippen LogP contribution in [0.25, 0.3) is 0 Å². The van der Waals surface area contributed by atoms with Crippen molar-refractivity contribution in [1.29, 1.82) is 5.26 Å². The van der Waals surface area contributed by atoms with Gasteiger partial charge in [0, 0.05) is 26.1 Å². The maximum atomic E-state index is 7.32. The Labute approximate surface area is 89.3 Å². The molecule has 0 radical (unpaired) electrons.